The maximum atomic E-state index is 4.72. The second kappa shape index (κ2) is 8.03. The first-order valence-electron chi connectivity index (χ1n) is 2.21. The molecule has 0 aliphatic rings. The summed E-state index contributed by atoms with van der Waals surface area (Å²) in [6.45, 7) is 1.36. The van der Waals surface area contributed by atoms with Crippen LogP contribution >= 0.6 is 12.2 Å². The Morgan fingerprint density at radius 2 is 2.33 bits per heavy atom. The Balaban J connectivity index is 0. The molecule has 0 rings (SSSR count). The van der Waals surface area contributed by atoms with E-state index in [2.05, 4.69) is 30.2 Å². The van der Waals surface area contributed by atoms with Crippen LogP contribution < -0.4 is 11.5 Å². The van der Waals surface area contributed by atoms with Gasteiger partial charge in [-0.2, -0.15) is 0 Å². The Morgan fingerprint density at radius 3 is 2.67 bits per heavy atom. The van der Waals surface area contributed by atoms with Crippen LogP contribution in [0, 0.1) is 0 Å². The van der Waals surface area contributed by atoms with Crippen molar-refractivity contribution in [2.75, 3.05) is 20.3 Å². The van der Waals surface area contributed by atoms with Crippen LogP contribution in [0.1, 0.15) is 0 Å². The van der Waals surface area contributed by atoms with E-state index in [0.29, 0.717) is 17.5 Å². The maximum Gasteiger partial charge on any atom is 0.0634 e. The quantitative estimate of drug-likeness (QED) is 0.364. The molecule has 0 unspecified atom stereocenters. The number of methoxy groups -OCH3 is 1. The maximum absolute atomic E-state index is 4.72. The Bertz CT molecular complexity index is 79.0. The van der Waals surface area contributed by atoms with Crippen molar-refractivity contribution in [3.8, 4) is 0 Å². The molecular weight excluding hydrogens is 156 g/mol. The number of quaternary nitrogens is 1. The molecule has 3 nitrogen and oxygen atoms in total. The zero-order valence-corrected chi connectivity index (χ0v) is 7.27. The monoisotopic (exact) mass is 168 g/mol. The van der Waals surface area contributed by atoms with E-state index in [1.807, 2.05) is 0 Å². The summed E-state index contributed by atoms with van der Waals surface area (Å²) in [5.41, 5.74) is 0. The zero-order chi connectivity index (χ0) is 6.41. The summed E-state index contributed by atoms with van der Waals surface area (Å²) in [5.74, 6) is 0. The smallest absolute Gasteiger partial charge is 0.0634 e. The van der Waals surface area contributed by atoms with E-state index in [1.54, 1.807) is 7.11 Å². The lowest BCUT2D eigenvalue weighted by Crippen LogP contribution is -2.22. The molecule has 0 saturated heterocycles. The van der Waals surface area contributed by atoms with E-state index in [-0.39, 0.29) is 6.15 Å². The van der Waals surface area contributed by atoms with Crippen molar-refractivity contribution in [1.29, 1.82) is 0 Å². The fourth-order valence-corrected chi connectivity index (χ4v) is 0.459. The fourth-order valence-electron chi connectivity index (χ4n) is 0.255. The van der Waals surface area contributed by atoms with E-state index < -0.39 is 0 Å². The van der Waals surface area contributed by atoms with Crippen molar-refractivity contribution in [2.45, 2.75) is 0 Å². The molecule has 0 fully saturated rings. The van der Waals surface area contributed by atoms with Gasteiger partial charge in [-0.15, -0.1) is 0 Å². The van der Waals surface area contributed by atoms with Gasteiger partial charge in [0.05, 0.1) is 6.61 Å². The molecule has 0 aliphatic carbocycles. The van der Waals surface area contributed by atoms with Gasteiger partial charge < -0.3 is 41.1 Å². The molecule has 0 saturated carbocycles. The number of ether oxygens (including phenoxy) is 1. The summed E-state index contributed by atoms with van der Waals surface area (Å²) in [7, 11) is 1.63. The minimum Gasteiger partial charge on any atom is -0.412 e. The second-order valence-electron chi connectivity index (χ2n) is 1.21. The van der Waals surface area contributed by atoms with Gasteiger partial charge in [0.15, 0.2) is 0 Å². The van der Waals surface area contributed by atoms with Crippen molar-refractivity contribution >= 4 is 29.2 Å². The van der Waals surface area contributed by atoms with E-state index in [1.165, 1.54) is 0 Å². The summed E-state index contributed by atoms with van der Waals surface area (Å²) >= 11 is 9.11. The van der Waals surface area contributed by atoms with Crippen LogP contribution in [0.15, 0.2) is 0 Å². The second-order valence-corrected chi connectivity index (χ2v) is 2.28. The number of nitrogens with one attached hydrogen (secondary N) is 1. The van der Waals surface area contributed by atoms with Crippen molar-refractivity contribution < 1.29 is 4.74 Å². The van der Waals surface area contributed by atoms with Crippen LogP contribution in [0.3, 0.4) is 0 Å². The lowest BCUT2D eigenvalue weighted by molar-refractivity contribution is 0.204. The van der Waals surface area contributed by atoms with Crippen molar-refractivity contribution in [2.24, 2.45) is 0 Å². The lowest BCUT2D eigenvalue weighted by Gasteiger charge is -2.06. The molecule has 56 valence electrons. The van der Waals surface area contributed by atoms with Gasteiger partial charge in [0.25, 0.3) is 0 Å². The average Bonchev–Trinajstić information content (AvgIpc) is 1.66. The first-order valence-corrected chi connectivity index (χ1v) is 3.03. The van der Waals surface area contributed by atoms with Gasteiger partial charge in [-0.1, -0.05) is 4.32 Å². The highest BCUT2D eigenvalue weighted by Gasteiger charge is 1.77. The Labute approximate surface area is 66.1 Å². The minimum atomic E-state index is 0. The van der Waals surface area contributed by atoms with Gasteiger partial charge in [-0.05, 0) is 0 Å². The normalized spacial score (nSPS) is 7.67. The molecular formula is C4H12N2OS2. The summed E-state index contributed by atoms with van der Waals surface area (Å²) in [5, 5.41) is 2.77. The first kappa shape index (κ1) is 11.8. The molecule has 0 bridgehead atoms. The van der Waals surface area contributed by atoms with E-state index >= 15 is 0 Å². The van der Waals surface area contributed by atoms with Crippen molar-refractivity contribution in [1.82, 2.24) is 11.5 Å². The van der Waals surface area contributed by atoms with Crippen LogP contribution in [0.5, 0.6) is 0 Å². The van der Waals surface area contributed by atoms with Gasteiger partial charge in [-0.3, -0.25) is 0 Å². The third-order valence-electron chi connectivity index (χ3n) is 0.576. The first-order chi connectivity index (χ1) is 3.77. The standard InChI is InChI=1S/C4H9NOS2.H3N/c1-6-3-2-5-4(7)8;/h2-3H2,1H3,(H2,5,7,8);1H3. The van der Waals surface area contributed by atoms with Gasteiger partial charge >= 0.3 is 0 Å². The Hall–Kier alpha value is 0.0300. The largest absolute Gasteiger partial charge is 0.412 e. The van der Waals surface area contributed by atoms with Crippen LogP contribution in [-0.4, -0.2) is 24.6 Å². The number of rotatable bonds is 3. The third-order valence-corrected chi connectivity index (χ3v) is 0.864. The fraction of sp³-hybridized carbons (Fsp3) is 0.750. The Kier molecular flexibility index (Phi) is 10.5. The average molecular weight is 168 g/mol. The highest BCUT2D eigenvalue weighted by atomic mass is 32.1. The summed E-state index contributed by atoms with van der Waals surface area (Å²) in [4.78, 5) is 0. The highest BCUT2D eigenvalue weighted by Crippen LogP contribution is 1.66. The molecule has 9 heavy (non-hydrogen) atoms. The number of thiocarbonyl (C=S) groups is 1. The predicted molar refractivity (Wildman–Crippen MR) is 45.8 cm³/mol. The molecule has 0 heterocycles. The predicted octanol–water partition coefficient (Wildman–Crippen LogP) is 0.430. The molecule has 0 aliphatic heterocycles. The molecule has 0 amide bonds. The van der Waals surface area contributed by atoms with E-state index in [0.717, 1.165) is 0 Å². The van der Waals surface area contributed by atoms with Crippen LogP contribution in [0.25, 0.3) is 0 Å². The highest BCUT2D eigenvalue weighted by molar-refractivity contribution is 8.00. The van der Waals surface area contributed by atoms with Crippen LogP contribution in [0.4, 0.5) is 0 Å². The summed E-state index contributed by atoms with van der Waals surface area (Å²) < 4.78 is 5.13. The van der Waals surface area contributed by atoms with Gasteiger partial charge in [0, 0.05) is 13.7 Å². The Morgan fingerprint density at radius 1 is 1.78 bits per heavy atom. The lowest BCUT2D eigenvalue weighted by atomic mass is 10.7. The molecule has 0 spiro atoms. The molecule has 0 aromatic rings. The number of hydrogen-bond donors (Lipinski definition) is 2. The van der Waals surface area contributed by atoms with Crippen LogP contribution in [-0.2, 0) is 17.4 Å². The SMILES string of the molecule is COCCNC(=S)[S-].[NH4+]. The van der Waals surface area contributed by atoms with E-state index in [9.17, 15) is 0 Å². The van der Waals surface area contributed by atoms with Gasteiger partial charge in [0.2, 0.25) is 0 Å². The summed E-state index contributed by atoms with van der Waals surface area (Å²) in [6, 6.07) is 0. The zero-order valence-electron chi connectivity index (χ0n) is 5.64. The minimum absolute atomic E-state index is 0. The van der Waals surface area contributed by atoms with Crippen molar-refractivity contribution in [3.63, 3.8) is 0 Å². The molecule has 5 heteroatoms. The summed E-state index contributed by atoms with van der Waals surface area (Å²) in [6.07, 6.45) is 0. The molecule has 0 aromatic carbocycles. The van der Waals surface area contributed by atoms with Gasteiger partial charge in [-0.25, -0.2) is 0 Å². The number of hydrogen-bond acceptors (Lipinski definition) is 3. The third kappa shape index (κ3) is 11.5. The molecule has 0 atom stereocenters. The molecule has 0 aromatic heterocycles. The van der Waals surface area contributed by atoms with E-state index in [4.69, 9.17) is 4.74 Å². The molecule has 0 radical (unpaired) electrons. The topological polar surface area (TPSA) is 57.8 Å². The van der Waals surface area contributed by atoms with Crippen LogP contribution in [0.2, 0.25) is 0 Å². The van der Waals surface area contributed by atoms with Gasteiger partial charge in [0.1, 0.15) is 0 Å². The van der Waals surface area contributed by atoms with Crippen molar-refractivity contribution in [3.05, 3.63) is 0 Å². The molecule has 5 N–H and O–H groups in total.